The molecule has 0 saturated heterocycles. The summed E-state index contributed by atoms with van der Waals surface area (Å²) < 4.78 is 39.6. The lowest BCUT2D eigenvalue weighted by Gasteiger charge is -2.10. The van der Waals surface area contributed by atoms with Gasteiger partial charge in [-0.25, -0.2) is 0 Å². The molecule has 6 nitrogen and oxygen atoms in total. The highest BCUT2D eigenvalue weighted by Gasteiger charge is 2.27. The van der Waals surface area contributed by atoms with Gasteiger partial charge in [-0.05, 0) is 6.07 Å². The summed E-state index contributed by atoms with van der Waals surface area (Å²) in [6, 6.07) is 1.50. The fourth-order valence-electron chi connectivity index (χ4n) is 1.22. The van der Waals surface area contributed by atoms with E-state index in [-0.39, 0.29) is 18.7 Å². The van der Waals surface area contributed by atoms with Crippen LogP contribution in [0, 0.1) is 0 Å². The summed E-state index contributed by atoms with van der Waals surface area (Å²) in [4.78, 5) is 15.4. The lowest BCUT2D eigenvalue weighted by atomic mass is 10.2. The number of carbonyl (C=O) groups excluding carboxylic acids is 1. The van der Waals surface area contributed by atoms with Crippen LogP contribution in [0.5, 0.6) is 0 Å². The van der Waals surface area contributed by atoms with E-state index in [9.17, 15) is 18.0 Å². The number of pyridine rings is 1. The number of nitrogens with one attached hydrogen (secondary N) is 2. The number of ether oxygens (including phenoxy) is 1. The number of alkyl halides is 3. The molecule has 106 valence electrons. The molecule has 0 unspecified atom stereocenters. The SMILES string of the molecule is NNc1ccncc1C(=O)NCCOCC(F)(F)F. The van der Waals surface area contributed by atoms with Crippen LogP contribution in [0.1, 0.15) is 10.4 Å². The summed E-state index contributed by atoms with van der Waals surface area (Å²) in [5.74, 6) is 4.70. The molecule has 0 aromatic carbocycles. The molecular weight excluding hydrogens is 265 g/mol. The van der Waals surface area contributed by atoms with Gasteiger partial charge in [0.2, 0.25) is 0 Å². The first-order valence-electron chi connectivity index (χ1n) is 5.27. The molecule has 4 N–H and O–H groups in total. The second-order valence-corrected chi connectivity index (χ2v) is 3.49. The molecule has 1 heterocycles. The standard InChI is InChI=1S/C10H13F3N4O2/c11-10(12,13)6-19-4-3-16-9(18)7-5-15-2-1-8(7)17-14/h1-2,5H,3-4,6,14H2,(H,15,17)(H,16,18). The smallest absolute Gasteiger partial charge is 0.370 e. The molecule has 0 fully saturated rings. The number of hydrogen-bond donors (Lipinski definition) is 3. The number of rotatable bonds is 6. The van der Waals surface area contributed by atoms with Gasteiger partial charge in [-0.2, -0.15) is 13.2 Å². The third kappa shape index (κ3) is 5.53. The molecule has 9 heteroatoms. The zero-order valence-electron chi connectivity index (χ0n) is 9.83. The van der Waals surface area contributed by atoms with E-state index in [1.54, 1.807) is 0 Å². The third-order valence-electron chi connectivity index (χ3n) is 2.02. The molecule has 0 aliphatic rings. The van der Waals surface area contributed by atoms with E-state index in [0.29, 0.717) is 5.69 Å². The van der Waals surface area contributed by atoms with E-state index in [4.69, 9.17) is 5.84 Å². The van der Waals surface area contributed by atoms with Crippen molar-refractivity contribution in [1.29, 1.82) is 0 Å². The second-order valence-electron chi connectivity index (χ2n) is 3.49. The maximum atomic E-state index is 11.8. The van der Waals surface area contributed by atoms with Gasteiger partial charge >= 0.3 is 6.18 Å². The summed E-state index contributed by atoms with van der Waals surface area (Å²) >= 11 is 0. The number of nitrogens with zero attached hydrogens (tertiary/aromatic N) is 1. The number of amides is 1. The Morgan fingerprint density at radius 1 is 1.47 bits per heavy atom. The second kappa shape index (κ2) is 6.90. The number of hydrogen-bond acceptors (Lipinski definition) is 5. The molecule has 19 heavy (non-hydrogen) atoms. The Hall–Kier alpha value is -1.87. The minimum Gasteiger partial charge on any atom is -0.370 e. The van der Waals surface area contributed by atoms with Crippen molar-refractivity contribution in [3.63, 3.8) is 0 Å². The summed E-state index contributed by atoms with van der Waals surface area (Å²) in [5, 5.41) is 2.39. The van der Waals surface area contributed by atoms with Crippen molar-refractivity contribution < 1.29 is 22.7 Å². The quantitative estimate of drug-likeness (QED) is 0.404. The van der Waals surface area contributed by atoms with Gasteiger partial charge in [0.1, 0.15) is 6.61 Å². The van der Waals surface area contributed by atoms with E-state index in [2.05, 4.69) is 20.5 Å². The molecule has 0 saturated carbocycles. The molecule has 1 amide bonds. The van der Waals surface area contributed by atoms with Gasteiger partial charge in [0.05, 0.1) is 17.9 Å². The van der Waals surface area contributed by atoms with Gasteiger partial charge in [0.25, 0.3) is 5.91 Å². The fraction of sp³-hybridized carbons (Fsp3) is 0.400. The minimum atomic E-state index is -4.37. The molecule has 0 aliphatic carbocycles. The zero-order chi connectivity index (χ0) is 14.3. The van der Waals surface area contributed by atoms with Crippen LogP contribution < -0.4 is 16.6 Å². The van der Waals surface area contributed by atoms with Crippen LogP contribution in [0.4, 0.5) is 18.9 Å². The molecule has 1 aromatic heterocycles. The van der Waals surface area contributed by atoms with Gasteiger partial charge in [0.15, 0.2) is 0 Å². The summed E-state index contributed by atoms with van der Waals surface area (Å²) in [5.41, 5.74) is 2.88. The number of nitrogens with two attached hydrogens (primary N) is 1. The first-order valence-corrected chi connectivity index (χ1v) is 5.27. The Kier molecular flexibility index (Phi) is 5.52. The highest BCUT2D eigenvalue weighted by atomic mass is 19.4. The van der Waals surface area contributed by atoms with Crippen LogP contribution in [0.3, 0.4) is 0 Å². The molecule has 0 atom stereocenters. The van der Waals surface area contributed by atoms with Gasteiger partial charge in [0, 0.05) is 18.9 Å². The Labute approximate surface area is 107 Å². The Bertz CT molecular complexity index is 425. The van der Waals surface area contributed by atoms with Crippen molar-refractivity contribution in [1.82, 2.24) is 10.3 Å². The number of anilines is 1. The van der Waals surface area contributed by atoms with Crippen LogP contribution in [0.2, 0.25) is 0 Å². The van der Waals surface area contributed by atoms with E-state index in [1.165, 1.54) is 18.5 Å². The van der Waals surface area contributed by atoms with Crippen LogP contribution in [-0.4, -0.2) is 36.8 Å². The Balaban J connectivity index is 2.35. The predicted molar refractivity (Wildman–Crippen MR) is 61.3 cm³/mol. The first-order chi connectivity index (χ1) is 8.94. The van der Waals surface area contributed by atoms with Crippen LogP contribution in [0.15, 0.2) is 18.5 Å². The number of halogens is 3. The molecule has 1 rings (SSSR count). The number of carbonyl (C=O) groups is 1. The van der Waals surface area contributed by atoms with E-state index in [0.717, 1.165) is 0 Å². The lowest BCUT2D eigenvalue weighted by molar-refractivity contribution is -0.173. The average Bonchev–Trinajstić information content (AvgIpc) is 2.36. The lowest BCUT2D eigenvalue weighted by Crippen LogP contribution is -2.29. The van der Waals surface area contributed by atoms with Crippen molar-refractivity contribution in [2.45, 2.75) is 6.18 Å². The van der Waals surface area contributed by atoms with Crippen LogP contribution in [-0.2, 0) is 4.74 Å². The molecule has 0 spiro atoms. The molecule has 0 radical (unpaired) electrons. The maximum absolute atomic E-state index is 11.8. The normalized spacial score (nSPS) is 11.2. The van der Waals surface area contributed by atoms with Crippen molar-refractivity contribution >= 4 is 11.6 Å². The molecular formula is C10H13F3N4O2. The Morgan fingerprint density at radius 3 is 2.84 bits per heavy atom. The first kappa shape index (κ1) is 15.2. The summed E-state index contributed by atoms with van der Waals surface area (Å²) in [7, 11) is 0. The van der Waals surface area contributed by atoms with Crippen LogP contribution in [0.25, 0.3) is 0 Å². The van der Waals surface area contributed by atoms with E-state index >= 15 is 0 Å². The van der Waals surface area contributed by atoms with Crippen molar-refractivity contribution in [2.24, 2.45) is 5.84 Å². The summed E-state index contributed by atoms with van der Waals surface area (Å²) in [6.45, 7) is -1.63. The summed E-state index contributed by atoms with van der Waals surface area (Å²) in [6.07, 6.45) is -1.64. The van der Waals surface area contributed by atoms with Gasteiger partial charge < -0.3 is 15.5 Å². The largest absolute Gasteiger partial charge is 0.411 e. The van der Waals surface area contributed by atoms with Crippen molar-refractivity contribution in [2.75, 3.05) is 25.2 Å². The number of hydrazine groups is 1. The van der Waals surface area contributed by atoms with Crippen LogP contribution >= 0.6 is 0 Å². The topological polar surface area (TPSA) is 89.3 Å². The van der Waals surface area contributed by atoms with Gasteiger partial charge in [-0.1, -0.05) is 0 Å². The molecule has 0 aliphatic heterocycles. The highest BCUT2D eigenvalue weighted by Crippen LogP contribution is 2.14. The third-order valence-corrected chi connectivity index (χ3v) is 2.02. The average molecular weight is 278 g/mol. The van der Waals surface area contributed by atoms with E-state index < -0.39 is 18.7 Å². The monoisotopic (exact) mass is 278 g/mol. The molecule has 1 aromatic rings. The van der Waals surface area contributed by atoms with Crippen molar-refractivity contribution in [3.05, 3.63) is 24.0 Å². The van der Waals surface area contributed by atoms with Crippen molar-refractivity contribution in [3.8, 4) is 0 Å². The number of aromatic nitrogens is 1. The minimum absolute atomic E-state index is 0.0478. The highest BCUT2D eigenvalue weighted by molar-refractivity contribution is 5.99. The molecule has 0 bridgehead atoms. The predicted octanol–water partition coefficient (Wildman–Crippen LogP) is 0.676. The van der Waals surface area contributed by atoms with Gasteiger partial charge in [-0.15, -0.1) is 0 Å². The van der Waals surface area contributed by atoms with E-state index in [1.807, 2.05) is 0 Å². The number of nitrogen functional groups attached to an aromatic ring is 1. The van der Waals surface area contributed by atoms with Gasteiger partial charge in [-0.3, -0.25) is 15.6 Å². The maximum Gasteiger partial charge on any atom is 0.411 e. The fourth-order valence-corrected chi connectivity index (χ4v) is 1.22. The zero-order valence-corrected chi connectivity index (χ0v) is 9.83. The Morgan fingerprint density at radius 2 is 2.21 bits per heavy atom.